The highest BCUT2D eigenvalue weighted by Gasteiger charge is 2.38. The summed E-state index contributed by atoms with van der Waals surface area (Å²) in [6, 6.07) is 0. The van der Waals surface area contributed by atoms with Crippen LogP contribution in [0.25, 0.3) is 0 Å². The smallest absolute Gasteiger partial charge is 0.0684 e. The zero-order chi connectivity index (χ0) is 17.9. The summed E-state index contributed by atoms with van der Waals surface area (Å²) in [6.45, 7) is 14.5. The van der Waals surface area contributed by atoms with Gasteiger partial charge in [-0.2, -0.15) is 0 Å². The Hall–Kier alpha value is -0.120. The van der Waals surface area contributed by atoms with Gasteiger partial charge in [-0.3, -0.25) is 0 Å². The molecule has 0 aromatic rings. The number of aliphatic hydroxyl groups is 1. The third-order valence-electron chi connectivity index (χ3n) is 4.93. The monoisotopic (exact) mass is 329 g/mol. The quantitative estimate of drug-likeness (QED) is 0.472. The normalized spacial score (nSPS) is 15.7. The molecule has 0 saturated heterocycles. The van der Waals surface area contributed by atoms with Crippen molar-refractivity contribution in [1.82, 2.24) is 0 Å². The standard InChI is InChI=1S/C20H43NO2/c1-7-8-9-10-11-12-13-18(19(2,3)4)20(5,6)23-15-14-17(22)16-21/h17-18,22H,7-16,21H2,1-6H3. The summed E-state index contributed by atoms with van der Waals surface area (Å²) in [5.41, 5.74) is 5.51. The largest absolute Gasteiger partial charge is 0.392 e. The van der Waals surface area contributed by atoms with Gasteiger partial charge < -0.3 is 15.6 Å². The predicted molar refractivity (Wildman–Crippen MR) is 101 cm³/mol. The molecular formula is C20H43NO2. The summed E-state index contributed by atoms with van der Waals surface area (Å²) in [5.74, 6) is 0.510. The first kappa shape index (κ1) is 22.9. The van der Waals surface area contributed by atoms with Gasteiger partial charge in [-0.25, -0.2) is 0 Å². The third kappa shape index (κ3) is 10.4. The van der Waals surface area contributed by atoms with Gasteiger partial charge in [0.2, 0.25) is 0 Å². The fourth-order valence-electron chi connectivity index (χ4n) is 3.63. The molecule has 0 fully saturated rings. The van der Waals surface area contributed by atoms with Gasteiger partial charge in [-0.05, 0) is 38.0 Å². The molecule has 2 atom stereocenters. The molecular weight excluding hydrogens is 286 g/mol. The second-order valence-electron chi connectivity index (χ2n) is 8.61. The number of rotatable bonds is 13. The topological polar surface area (TPSA) is 55.5 Å². The SMILES string of the molecule is CCCCCCCCC(C(C)(C)C)C(C)(C)OCCC(O)CN. The number of unbranched alkanes of at least 4 members (excludes halogenated alkanes) is 5. The first-order valence-corrected chi connectivity index (χ1v) is 9.67. The van der Waals surface area contributed by atoms with Gasteiger partial charge in [0, 0.05) is 13.2 Å². The van der Waals surface area contributed by atoms with Gasteiger partial charge >= 0.3 is 0 Å². The molecule has 2 unspecified atom stereocenters. The van der Waals surface area contributed by atoms with E-state index in [9.17, 15) is 5.11 Å². The number of aliphatic hydroxyl groups excluding tert-OH is 1. The van der Waals surface area contributed by atoms with E-state index in [2.05, 4.69) is 41.5 Å². The average Bonchev–Trinajstić information content (AvgIpc) is 2.44. The molecule has 0 aromatic heterocycles. The fraction of sp³-hybridized carbons (Fsp3) is 1.00. The lowest BCUT2D eigenvalue weighted by atomic mass is 9.69. The van der Waals surface area contributed by atoms with E-state index in [0.29, 0.717) is 25.5 Å². The molecule has 0 bridgehead atoms. The first-order valence-electron chi connectivity index (χ1n) is 9.67. The molecule has 23 heavy (non-hydrogen) atoms. The van der Waals surface area contributed by atoms with Gasteiger partial charge in [-0.1, -0.05) is 66.2 Å². The lowest BCUT2D eigenvalue weighted by molar-refractivity contribution is -0.101. The number of nitrogens with two attached hydrogens (primary N) is 1. The molecule has 3 heteroatoms. The van der Waals surface area contributed by atoms with Crippen LogP contribution in [0.5, 0.6) is 0 Å². The first-order chi connectivity index (χ1) is 10.6. The maximum Gasteiger partial charge on any atom is 0.0684 e. The van der Waals surface area contributed by atoms with E-state index in [4.69, 9.17) is 10.5 Å². The second kappa shape index (κ2) is 11.4. The van der Waals surface area contributed by atoms with Crippen LogP contribution >= 0.6 is 0 Å². The molecule has 0 heterocycles. The summed E-state index contributed by atoms with van der Waals surface area (Å²) in [6.07, 6.45) is 9.38. The van der Waals surface area contributed by atoms with Crippen LogP contribution in [0.2, 0.25) is 0 Å². The summed E-state index contributed by atoms with van der Waals surface area (Å²) < 4.78 is 6.17. The molecule has 0 aliphatic carbocycles. The van der Waals surface area contributed by atoms with E-state index in [1.807, 2.05) is 0 Å². The molecule has 0 amide bonds. The van der Waals surface area contributed by atoms with Crippen LogP contribution in [0.4, 0.5) is 0 Å². The summed E-state index contributed by atoms with van der Waals surface area (Å²) >= 11 is 0. The third-order valence-corrected chi connectivity index (χ3v) is 4.93. The molecule has 3 nitrogen and oxygen atoms in total. The van der Waals surface area contributed by atoms with Crippen molar-refractivity contribution in [3.05, 3.63) is 0 Å². The summed E-state index contributed by atoms with van der Waals surface area (Å²) in [4.78, 5) is 0. The number of ether oxygens (including phenoxy) is 1. The average molecular weight is 330 g/mol. The van der Waals surface area contributed by atoms with Crippen molar-refractivity contribution in [2.75, 3.05) is 13.2 Å². The molecule has 0 saturated carbocycles. The van der Waals surface area contributed by atoms with Crippen molar-refractivity contribution in [3.63, 3.8) is 0 Å². The van der Waals surface area contributed by atoms with Crippen LogP contribution in [0.15, 0.2) is 0 Å². The molecule has 0 radical (unpaired) electrons. The summed E-state index contributed by atoms with van der Waals surface area (Å²) in [7, 11) is 0. The van der Waals surface area contributed by atoms with Crippen molar-refractivity contribution in [3.8, 4) is 0 Å². The Balaban J connectivity index is 4.39. The molecule has 0 spiro atoms. The van der Waals surface area contributed by atoms with E-state index in [1.165, 1.54) is 44.9 Å². The van der Waals surface area contributed by atoms with E-state index >= 15 is 0 Å². The van der Waals surface area contributed by atoms with Crippen LogP contribution in [-0.4, -0.2) is 30.0 Å². The highest BCUT2D eigenvalue weighted by Crippen LogP contribution is 2.40. The van der Waals surface area contributed by atoms with Gasteiger partial charge in [0.25, 0.3) is 0 Å². The van der Waals surface area contributed by atoms with Crippen LogP contribution in [0, 0.1) is 11.3 Å². The Kier molecular flexibility index (Phi) is 11.4. The Labute approximate surface area is 145 Å². The minimum Gasteiger partial charge on any atom is -0.392 e. The van der Waals surface area contributed by atoms with Gasteiger partial charge in [0.15, 0.2) is 0 Å². The number of hydrogen-bond donors (Lipinski definition) is 2. The van der Waals surface area contributed by atoms with Crippen LogP contribution in [0.1, 0.15) is 92.9 Å². The minimum atomic E-state index is -0.447. The van der Waals surface area contributed by atoms with Gasteiger partial charge in [0.05, 0.1) is 11.7 Å². The summed E-state index contributed by atoms with van der Waals surface area (Å²) in [5, 5.41) is 9.59. The van der Waals surface area contributed by atoms with Crippen LogP contribution in [-0.2, 0) is 4.74 Å². The van der Waals surface area contributed by atoms with E-state index in [-0.39, 0.29) is 11.0 Å². The van der Waals surface area contributed by atoms with Crippen LogP contribution < -0.4 is 5.73 Å². The molecule has 3 N–H and O–H groups in total. The second-order valence-corrected chi connectivity index (χ2v) is 8.61. The van der Waals surface area contributed by atoms with E-state index in [1.54, 1.807) is 0 Å². The Morgan fingerprint density at radius 3 is 2.00 bits per heavy atom. The number of hydrogen-bond acceptors (Lipinski definition) is 3. The molecule has 140 valence electrons. The minimum absolute atomic E-state index is 0.171. The van der Waals surface area contributed by atoms with Crippen LogP contribution in [0.3, 0.4) is 0 Å². The molecule has 0 aromatic carbocycles. The zero-order valence-electron chi connectivity index (χ0n) is 16.7. The lowest BCUT2D eigenvalue weighted by Crippen LogP contribution is -2.42. The Bertz CT molecular complexity index is 284. The van der Waals surface area contributed by atoms with Crippen molar-refractivity contribution < 1.29 is 9.84 Å². The van der Waals surface area contributed by atoms with E-state index in [0.717, 1.165) is 0 Å². The molecule has 0 aliphatic heterocycles. The highest BCUT2D eigenvalue weighted by molar-refractivity contribution is 4.88. The fourth-order valence-corrected chi connectivity index (χ4v) is 3.63. The van der Waals surface area contributed by atoms with Gasteiger partial charge in [-0.15, -0.1) is 0 Å². The van der Waals surface area contributed by atoms with E-state index < -0.39 is 6.10 Å². The highest BCUT2D eigenvalue weighted by atomic mass is 16.5. The van der Waals surface area contributed by atoms with Crippen molar-refractivity contribution >= 4 is 0 Å². The Morgan fingerprint density at radius 1 is 0.913 bits per heavy atom. The van der Waals surface area contributed by atoms with Crippen molar-refractivity contribution in [2.45, 2.75) is 105 Å². The molecule has 0 rings (SSSR count). The zero-order valence-corrected chi connectivity index (χ0v) is 16.7. The van der Waals surface area contributed by atoms with Crippen molar-refractivity contribution in [1.29, 1.82) is 0 Å². The Morgan fingerprint density at radius 2 is 1.48 bits per heavy atom. The van der Waals surface area contributed by atoms with Gasteiger partial charge in [0.1, 0.15) is 0 Å². The maximum atomic E-state index is 9.59. The predicted octanol–water partition coefficient (Wildman–Crippen LogP) is 4.90. The lowest BCUT2D eigenvalue weighted by Gasteiger charge is -2.43. The maximum absolute atomic E-state index is 9.59. The molecule has 0 aliphatic rings. The van der Waals surface area contributed by atoms with Crippen molar-refractivity contribution in [2.24, 2.45) is 17.1 Å².